The number of ketones is 1. The van der Waals surface area contributed by atoms with E-state index in [2.05, 4.69) is 35.1 Å². The fraction of sp³-hybridized carbons (Fsp3) is 0.429. The number of allylic oxidation sites excluding steroid dienone is 3. The van der Waals surface area contributed by atoms with Crippen molar-refractivity contribution in [1.29, 1.82) is 0 Å². The predicted octanol–water partition coefficient (Wildman–Crippen LogP) is 4.62. The number of ether oxygens (including phenoxy) is 1. The molecule has 1 heterocycles. The molecule has 0 saturated carbocycles. The average molecular weight is 418 g/mol. The summed E-state index contributed by atoms with van der Waals surface area (Å²) in [6.07, 6.45) is 1.26. The van der Waals surface area contributed by atoms with E-state index in [9.17, 15) is 9.59 Å². The van der Waals surface area contributed by atoms with Crippen LogP contribution in [0.15, 0.2) is 51.3 Å². The summed E-state index contributed by atoms with van der Waals surface area (Å²) in [5.41, 5.74) is 3.72. The number of carbonyl (C=O) groups is 2. The number of dihydropyridines is 1. The molecule has 1 aliphatic heterocycles. The van der Waals surface area contributed by atoms with Crippen molar-refractivity contribution in [1.82, 2.24) is 5.32 Å². The second kappa shape index (κ2) is 7.03. The van der Waals surface area contributed by atoms with E-state index >= 15 is 0 Å². The van der Waals surface area contributed by atoms with Crippen molar-refractivity contribution >= 4 is 27.7 Å². The lowest BCUT2D eigenvalue weighted by Crippen LogP contribution is -2.38. The highest BCUT2D eigenvalue weighted by Crippen LogP contribution is 2.47. The fourth-order valence-electron chi connectivity index (χ4n) is 3.94. The van der Waals surface area contributed by atoms with Gasteiger partial charge in [-0.1, -0.05) is 48.0 Å². The topological polar surface area (TPSA) is 55.4 Å². The first-order valence-electron chi connectivity index (χ1n) is 8.90. The van der Waals surface area contributed by atoms with E-state index in [4.69, 9.17) is 4.74 Å². The summed E-state index contributed by atoms with van der Waals surface area (Å²) in [6.45, 7) is 8.17. The van der Waals surface area contributed by atoms with E-state index in [1.807, 2.05) is 31.2 Å². The Bertz CT molecular complexity index is 835. The Morgan fingerprint density at radius 1 is 1.31 bits per heavy atom. The van der Waals surface area contributed by atoms with Crippen LogP contribution in [-0.4, -0.2) is 18.4 Å². The van der Waals surface area contributed by atoms with Gasteiger partial charge in [-0.15, -0.1) is 0 Å². The smallest absolute Gasteiger partial charge is 0.336 e. The van der Waals surface area contributed by atoms with Crippen molar-refractivity contribution in [3.05, 3.63) is 56.8 Å². The number of esters is 1. The van der Waals surface area contributed by atoms with Gasteiger partial charge in [0.25, 0.3) is 0 Å². The molecular weight excluding hydrogens is 394 g/mol. The van der Waals surface area contributed by atoms with Gasteiger partial charge in [0.15, 0.2) is 5.78 Å². The van der Waals surface area contributed by atoms with Gasteiger partial charge in [-0.2, -0.15) is 0 Å². The third-order valence-electron chi connectivity index (χ3n) is 4.95. The molecule has 1 aliphatic carbocycles. The number of benzene rings is 1. The Balaban J connectivity index is 2.21. The van der Waals surface area contributed by atoms with Crippen molar-refractivity contribution in [2.24, 2.45) is 5.41 Å². The van der Waals surface area contributed by atoms with Crippen LogP contribution in [0.1, 0.15) is 52.0 Å². The van der Waals surface area contributed by atoms with Crippen LogP contribution < -0.4 is 5.32 Å². The summed E-state index contributed by atoms with van der Waals surface area (Å²) < 4.78 is 6.19. The van der Waals surface area contributed by atoms with Crippen LogP contribution in [0, 0.1) is 5.41 Å². The minimum absolute atomic E-state index is 0.0941. The lowest BCUT2D eigenvalue weighted by molar-refractivity contribution is -0.138. The average Bonchev–Trinajstić information content (AvgIpc) is 2.53. The first-order valence-corrected chi connectivity index (χ1v) is 9.70. The van der Waals surface area contributed by atoms with Crippen molar-refractivity contribution in [3.8, 4) is 0 Å². The van der Waals surface area contributed by atoms with Gasteiger partial charge in [0, 0.05) is 33.8 Å². The van der Waals surface area contributed by atoms with Gasteiger partial charge >= 0.3 is 5.97 Å². The zero-order valence-corrected chi connectivity index (χ0v) is 17.2. The Labute approximate surface area is 162 Å². The summed E-state index contributed by atoms with van der Waals surface area (Å²) in [5, 5.41) is 3.34. The molecule has 0 bridgehead atoms. The molecule has 4 nitrogen and oxygen atoms in total. The SMILES string of the molecule is CCOC(=O)C1=C(C)NC2=C(C(=O)CC(C)(C)C2)[C@@H]1c1ccccc1Br. The number of hydrogen-bond acceptors (Lipinski definition) is 4. The molecule has 2 aliphatic rings. The van der Waals surface area contributed by atoms with Gasteiger partial charge in [-0.05, 0) is 37.3 Å². The number of halogens is 1. The molecule has 0 amide bonds. The van der Waals surface area contributed by atoms with E-state index in [0.29, 0.717) is 24.2 Å². The van der Waals surface area contributed by atoms with Crippen LogP contribution in [0.25, 0.3) is 0 Å². The van der Waals surface area contributed by atoms with E-state index in [1.54, 1.807) is 6.92 Å². The third-order valence-corrected chi connectivity index (χ3v) is 5.67. The van der Waals surface area contributed by atoms with E-state index in [0.717, 1.165) is 27.9 Å². The maximum atomic E-state index is 13.1. The summed E-state index contributed by atoms with van der Waals surface area (Å²) in [4.78, 5) is 25.8. The summed E-state index contributed by atoms with van der Waals surface area (Å²) in [7, 11) is 0. The summed E-state index contributed by atoms with van der Waals surface area (Å²) in [5.74, 6) is -0.689. The van der Waals surface area contributed by atoms with E-state index < -0.39 is 5.92 Å². The van der Waals surface area contributed by atoms with Gasteiger partial charge in [-0.25, -0.2) is 4.79 Å². The van der Waals surface area contributed by atoms with Gasteiger partial charge in [0.2, 0.25) is 0 Å². The molecule has 1 atom stereocenters. The van der Waals surface area contributed by atoms with Crippen LogP contribution in [0.5, 0.6) is 0 Å². The van der Waals surface area contributed by atoms with Crippen molar-refractivity contribution in [2.75, 3.05) is 6.61 Å². The normalized spacial score (nSPS) is 22.0. The number of nitrogens with one attached hydrogen (secondary N) is 1. The zero-order valence-electron chi connectivity index (χ0n) is 15.6. The molecule has 1 aromatic carbocycles. The largest absolute Gasteiger partial charge is 0.463 e. The van der Waals surface area contributed by atoms with Crippen molar-refractivity contribution in [2.45, 2.75) is 46.5 Å². The highest BCUT2D eigenvalue weighted by Gasteiger charge is 2.43. The molecule has 3 rings (SSSR count). The Morgan fingerprint density at radius 3 is 2.65 bits per heavy atom. The molecule has 0 unspecified atom stereocenters. The quantitative estimate of drug-likeness (QED) is 0.729. The number of hydrogen-bond donors (Lipinski definition) is 1. The van der Waals surface area contributed by atoms with E-state index in [1.165, 1.54) is 0 Å². The predicted molar refractivity (Wildman–Crippen MR) is 104 cm³/mol. The highest BCUT2D eigenvalue weighted by atomic mass is 79.9. The fourth-order valence-corrected chi connectivity index (χ4v) is 4.45. The maximum absolute atomic E-state index is 13.1. The molecule has 0 radical (unpaired) electrons. The highest BCUT2D eigenvalue weighted by molar-refractivity contribution is 9.10. The molecule has 0 fully saturated rings. The Morgan fingerprint density at radius 2 is 2.00 bits per heavy atom. The van der Waals surface area contributed by atoms with Gasteiger partial charge in [-0.3, -0.25) is 4.79 Å². The molecule has 0 spiro atoms. The molecule has 5 heteroatoms. The number of carbonyl (C=O) groups excluding carboxylic acids is 2. The lowest BCUT2D eigenvalue weighted by atomic mass is 9.68. The number of Topliss-reactive ketones (excluding diaryl/α,β-unsaturated/α-hetero) is 1. The van der Waals surface area contributed by atoms with Crippen LogP contribution in [0.3, 0.4) is 0 Å². The first-order chi connectivity index (χ1) is 12.2. The standard InChI is InChI=1S/C21H24BrNO3/c1-5-26-20(25)17-12(2)23-15-10-21(3,4)11-16(24)19(15)18(17)13-8-6-7-9-14(13)22/h6-9,18,23H,5,10-11H2,1-4H3/t18-/m1/s1. The van der Waals surface area contributed by atoms with Crippen LogP contribution in [0.2, 0.25) is 0 Å². The second-order valence-electron chi connectivity index (χ2n) is 7.67. The van der Waals surface area contributed by atoms with Gasteiger partial charge in [0.05, 0.1) is 12.2 Å². The monoisotopic (exact) mass is 417 g/mol. The summed E-state index contributed by atoms with van der Waals surface area (Å²) >= 11 is 3.60. The minimum Gasteiger partial charge on any atom is -0.463 e. The molecule has 0 aromatic heterocycles. The first kappa shape index (κ1) is 18.9. The van der Waals surface area contributed by atoms with Crippen molar-refractivity contribution < 1.29 is 14.3 Å². The third kappa shape index (κ3) is 3.37. The molecular formula is C21H24BrNO3. The van der Waals surface area contributed by atoms with Crippen LogP contribution in [-0.2, 0) is 14.3 Å². The molecule has 0 saturated heterocycles. The van der Waals surface area contributed by atoms with Crippen LogP contribution >= 0.6 is 15.9 Å². The minimum atomic E-state index is -0.413. The lowest BCUT2D eigenvalue weighted by Gasteiger charge is -2.39. The second-order valence-corrected chi connectivity index (χ2v) is 8.53. The van der Waals surface area contributed by atoms with E-state index in [-0.39, 0.29) is 17.2 Å². The zero-order chi connectivity index (χ0) is 19.1. The summed E-state index contributed by atoms with van der Waals surface area (Å²) in [6, 6.07) is 7.76. The Kier molecular flexibility index (Phi) is 5.11. The molecule has 1 N–H and O–H groups in total. The number of rotatable bonds is 3. The molecule has 1 aromatic rings. The van der Waals surface area contributed by atoms with Crippen LogP contribution in [0.4, 0.5) is 0 Å². The molecule has 26 heavy (non-hydrogen) atoms. The Hall–Kier alpha value is -1.88. The van der Waals surface area contributed by atoms with Crippen molar-refractivity contribution in [3.63, 3.8) is 0 Å². The van der Waals surface area contributed by atoms with Gasteiger partial charge in [0.1, 0.15) is 0 Å². The van der Waals surface area contributed by atoms with Gasteiger partial charge < -0.3 is 10.1 Å². The maximum Gasteiger partial charge on any atom is 0.336 e. The molecule has 138 valence electrons.